The van der Waals surface area contributed by atoms with Crippen LogP contribution in [-0.4, -0.2) is 182 Å². The van der Waals surface area contributed by atoms with E-state index in [1.54, 1.807) is 7.11 Å². The van der Waals surface area contributed by atoms with Crippen molar-refractivity contribution < 1.29 is 52.7 Å². The molecule has 10 aliphatic carbocycles. The summed E-state index contributed by atoms with van der Waals surface area (Å²) in [4.78, 5) is 146. The van der Waals surface area contributed by atoms with Crippen LogP contribution < -0.4 is 31.3 Å². The SMILES string of the molecule is CCCCNC(=O)C(C1CCCCC1)N(C(=O)c1ccccc1)C(C)(C)C.CCCCNC(=O)C(C1CCCCC1)N(C(=O)c1ccccc1)C(C)C.CCCCNC(=O)C(C1CCCCC1)N(C(=O)c1ccccc1)C1CCCCC1.COc1ccccc1C(=O)N(C1CCCCC1)C(C(=O)NC1CCCCC1)C1CCCCC1.O=C(NC1CCCCC1)C(C1CCCCC1)N(C(=O)c1ccccc1)C1CCCCC1. The van der Waals surface area contributed by atoms with Gasteiger partial charge in [-0.1, -0.05) is 318 Å². The molecule has 0 heterocycles. The average molecular weight is 2010 g/mol. The van der Waals surface area contributed by atoms with Crippen LogP contribution in [0.1, 0.15) is 467 Å². The molecule has 5 N–H and O–H groups in total. The van der Waals surface area contributed by atoms with Crippen LogP contribution in [0.15, 0.2) is 146 Å². The second-order valence-electron chi connectivity index (χ2n) is 45.7. The van der Waals surface area contributed by atoms with Gasteiger partial charge in [-0.25, -0.2) is 0 Å². The Kier molecular flexibility index (Phi) is 50.9. The predicted molar refractivity (Wildman–Crippen MR) is 591 cm³/mol. The number of nitrogens with zero attached hydrogens (tertiary/aromatic N) is 5. The van der Waals surface area contributed by atoms with Crippen LogP contribution in [0.2, 0.25) is 0 Å². The van der Waals surface area contributed by atoms with Gasteiger partial charge >= 0.3 is 0 Å². The van der Waals surface area contributed by atoms with E-state index in [9.17, 15) is 47.9 Å². The van der Waals surface area contributed by atoms with Gasteiger partial charge in [0.15, 0.2) is 0 Å². The normalized spacial score (nSPS) is 19.6. The van der Waals surface area contributed by atoms with Crippen LogP contribution in [0.25, 0.3) is 0 Å². The first-order chi connectivity index (χ1) is 71.1. The third-order valence-corrected chi connectivity index (χ3v) is 33.5. The van der Waals surface area contributed by atoms with Gasteiger partial charge in [-0.05, 0) is 273 Å². The average Bonchev–Trinajstić information content (AvgIpc) is 0.790. The van der Waals surface area contributed by atoms with Crippen LogP contribution in [0.5, 0.6) is 5.75 Å². The van der Waals surface area contributed by atoms with Gasteiger partial charge in [0.25, 0.3) is 29.5 Å². The van der Waals surface area contributed by atoms with E-state index in [0.717, 1.165) is 250 Å². The first-order valence-corrected chi connectivity index (χ1v) is 59.0. The monoisotopic (exact) mass is 2010 g/mol. The van der Waals surface area contributed by atoms with Gasteiger partial charge in [-0.15, -0.1) is 0 Å². The summed E-state index contributed by atoms with van der Waals surface area (Å²) in [6.07, 6.45) is 62.4. The molecule has 0 spiro atoms. The molecule has 5 atom stereocenters. The van der Waals surface area contributed by atoms with Gasteiger partial charge in [-0.2, -0.15) is 0 Å². The number of nitrogens with one attached hydrogen (secondary N) is 5. The van der Waals surface area contributed by atoms with Crippen molar-refractivity contribution in [3.63, 3.8) is 0 Å². The van der Waals surface area contributed by atoms with E-state index >= 15 is 0 Å². The lowest BCUT2D eigenvalue weighted by atomic mass is 9.80. The first kappa shape index (κ1) is 117. The van der Waals surface area contributed by atoms with Crippen molar-refractivity contribution >= 4 is 59.1 Å². The molecule has 0 bridgehead atoms. The van der Waals surface area contributed by atoms with E-state index in [0.29, 0.717) is 47.6 Å². The molecule has 10 fully saturated rings. The minimum absolute atomic E-state index is 0.00885. The maximum Gasteiger partial charge on any atom is 0.258 e. The zero-order valence-corrected chi connectivity index (χ0v) is 91.5. The molecule has 806 valence electrons. The topological polar surface area (TPSA) is 256 Å². The van der Waals surface area contributed by atoms with Crippen molar-refractivity contribution in [2.45, 2.75) is 487 Å². The van der Waals surface area contributed by atoms with Crippen molar-refractivity contribution in [3.8, 4) is 5.75 Å². The molecule has 5 aromatic rings. The molecule has 10 saturated carbocycles. The standard InChI is InChI=1S/C28H42N2O3.C27H40N2O2.C25H38N2O2.C23H36N2O2.C22H34N2O2/c1-33-25-20-12-11-19-24(25)28(32)30(23-17-9-4-10-18-23)26(21-13-5-2-6-14-21)27(31)29-22-15-7-3-8-16-22;30-26(28-23-17-9-3-10-18-23)25(21-13-5-1-6-14-21)29(24-19-11-4-12-20-24)27(31)22-15-7-2-8-16-22;1-2-3-19-26-24(28)23(20-13-7-4-8-14-20)27(22-17-11-6-12-18-22)25(29)21-15-9-5-10-16-21;1-5-6-17-24-21(26)20(18-13-9-7-10-14-18)25(23(2,3)4)22(27)19-15-11-8-12-16-19;1-4-5-16-23-21(25)20(18-12-8-6-9-13-18)24(17(2)3)22(26)19-14-10-7-11-15-19/h11-12,19-23,26H,2-10,13-18H2,1H3,(H,29,31);2,7-8,15-16,21,23-25H,1,3-6,9-14,17-20H2,(H,28,30);5,9-10,15-16,20,22-23H,2-4,6-8,11-14,17-19H2,1H3,(H,26,28);8,11-12,15-16,18,20H,5-7,9-10,13-14,17H2,1-4H3,(H,24,26);7,10-11,14-15,17-18,20H,4-6,8-9,12-13,16H2,1-3H3,(H,23,25). The van der Waals surface area contributed by atoms with Crippen molar-refractivity contribution in [2.75, 3.05) is 26.7 Å². The zero-order valence-electron chi connectivity index (χ0n) is 91.5. The van der Waals surface area contributed by atoms with E-state index in [1.807, 2.05) is 200 Å². The van der Waals surface area contributed by atoms with Crippen LogP contribution in [-0.2, 0) is 24.0 Å². The van der Waals surface area contributed by atoms with Crippen molar-refractivity contribution in [1.29, 1.82) is 0 Å². The van der Waals surface area contributed by atoms with E-state index in [2.05, 4.69) is 52.3 Å². The molecule has 0 aromatic heterocycles. The van der Waals surface area contributed by atoms with E-state index in [-0.39, 0.29) is 149 Å². The number of unbranched alkanes of at least 4 members (excludes halogenated alkanes) is 3. The summed E-state index contributed by atoms with van der Waals surface area (Å²) in [7, 11) is 1.62. The van der Waals surface area contributed by atoms with Crippen molar-refractivity contribution in [1.82, 2.24) is 51.1 Å². The highest BCUT2D eigenvalue weighted by molar-refractivity contribution is 6.02. The fourth-order valence-corrected chi connectivity index (χ4v) is 25.6. The molecule has 10 aliphatic rings. The lowest BCUT2D eigenvalue weighted by Gasteiger charge is -2.45. The molecule has 5 unspecified atom stereocenters. The van der Waals surface area contributed by atoms with Crippen LogP contribution in [0.3, 0.4) is 0 Å². The zero-order chi connectivity index (χ0) is 104. The number of carbonyl (C=O) groups excluding carboxylic acids is 10. The Balaban J connectivity index is 0.000000174. The highest BCUT2D eigenvalue weighted by atomic mass is 16.5. The summed E-state index contributed by atoms with van der Waals surface area (Å²) in [5, 5.41) is 16.2. The molecule has 0 aliphatic heterocycles. The Bertz CT molecular complexity index is 4620. The predicted octanol–water partition coefficient (Wildman–Crippen LogP) is 26.2. The summed E-state index contributed by atoms with van der Waals surface area (Å²) < 4.78 is 5.56. The molecule has 5 aromatic carbocycles. The number of para-hydroxylation sites is 1. The lowest BCUT2D eigenvalue weighted by Crippen LogP contribution is -2.60. The summed E-state index contributed by atoms with van der Waals surface area (Å²) in [5.74, 6) is 2.15. The molecular weight excluding hydrogens is 1820 g/mol. The number of hydrogen-bond acceptors (Lipinski definition) is 11. The van der Waals surface area contributed by atoms with E-state index < -0.39 is 11.6 Å². The summed E-state index contributed by atoms with van der Waals surface area (Å²) in [5.41, 5.74) is 2.88. The minimum Gasteiger partial charge on any atom is -0.496 e. The third kappa shape index (κ3) is 35.4. The quantitative estimate of drug-likeness (QED) is 0.0236. The molecule has 0 radical (unpaired) electrons. The van der Waals surface area contributed by atoms with Crippen molar-refractivity contribution in [2.24, 2.45) is 29.6 Å². The fourth-order valence-electron chi connectivity index (χ4n) is 25.6. The highest BCUT2D eigenvalue weighted by Crippen LogP contribution is 2.42. The number of benzene rings is 5. The number of amides is 10. The van der Waals surface area contributed by atoms with Gasteiger partial charge in [0.1, 0.15) is 36.0 Å². The summed E-state index contributed by atoms with van der Waals surface area (Å²) in [6.45, 7) is 18.5. The number of ether oxygens (including phenoxy) is 1. The lowest BCUT2D eigenvalue weighted by molar-refractivity contribution is -0.130. The van der Waals surface area contributed by atoms with E-state index in [1.165, 1.54) is 116 Å². The first-order valence-electron chi connectivity index (χ1n) is 59.0. The Morgan fingerprint density at radius 3 is 0.836 bits per heavy atom. The Labute approximate surface area is 880 Å². The van der Waals surface area contributed by atoms with Crippen LogP contribution in [0.4, 0.5) is 0 Å². The molecule has 0 saturated heterocycles. The van der Waals surface area contributed by atoms with Gasteiger partial charge < -0.3 is 55.8 Å². The molecule has 15 rings (SSSR count). The summed E-state index contributed by atoms with van der Waals surface area (Å²) >= 11 is 0. The van der Waals surface area contributed by atoms with Crippen LogP contribution >= 0.6 is 0 Å². The Morgan fingerprint density at radius 1 is 0.288 bits per heavy atom. The molecular formula is C125H190N10O11. The second kappa shape index (κ2) is 63.6. The fraction of sp³-hybridized carbons (Fsp3) is 0.680. The number of carbonyl (C=O) groups is 10. The molecule has 21 heteroatoms. The maximum absolute atomic E-state index is 14.2. The largest absolute Gasteiger partial charge is 0.496 e. The number of rotatable bonds is 36. The molecule has 146 heavy (non-hydrogen) atoms. The second-order valence-corrected chi connectivity index (χ2v) is 45.7. The van der Waals surface area contributed by atoms with Gasteiger partial charge in [-0.3, -0.25) is 47.9 Å². The molecule has 21 nitrogen and oxygen atoms in total. The smallest absolute Gasteiger partial charge is 0.258 e. The third-order valence-electron chi connectivity index (χ3n) is 33.5. The van der Waals surface area contributed by atoms with Crippen LogP contribution in [0, 0.1) is 29.6 Å². The van der Waals surface area contributed by atoms with Gasteiger partial charge in [0, 0.05) is 83.7 Å². The number of methoxy groups -OCH3 is 1. The number of hydrogen-bond donors (Lipinski definition) is 5. The maximum atomic E-state index is 14.2. The Hall–Kier alpha value is -9.40. The van der Waals surface area contributed by atoms with Gasteiger partial charge in [0.2, 0.25) is 29.5 Å². The molecule has 10 amide bonds. The summed E-state index contributed by atoms with van der Waals surface area (Å²) in [6, 6.07) is 44.6. The highest BCUT2D eigenvalue weighted by Gasteiger charge is 2.49. The van der Waals surface area contributed by atoms with E-state index in [4.69, 9.17) is 4.74 Å². The van der Waals surface area contributed by atoms with Gasteiger partial charge in [0.05, 0.1) is 12.7 Å². The minimum atomic E-state index is -0.433. The Morgan fingerprint density at radius 2 is 0.534 bits per heavy atom. The van der Waals surface area contributed by atoms with Crippen molar-refractivity contribution in [3.05, 3.63) is 173 Å².